The Morgan fingerprint density at radius 2 is 2.07 bits per heavy atom. The van der Waals surface area contributed by atoms with Crippen molar-refractivity contribution in [2.45, 2.75) is 32.0 Å². The Balaban J connectivity index is 1.47. The Hall–Kier alpha value is -2.74. The third kappa shape index (κ3) is 3.57. The number of benzene rings is 1. The van der Waals surface area contributed by atoms with Gasteiger partial charge in [0.15, 0.2) is 0 Å². The molecule has 1 atom stereocenters. The molecule has 0 bridgehead atoms. The van der Waals surface area contributed by atoms with Gasteiger partial charge in [-0.15, -0.1) is 0 Å². The maximum Gasteiger partial charge on any atom is 0.255 e. The van der Waals surface area contributed by atoms with E-state index >= 15 is 0 Å². The first kappa shape index (κ1) is 17.7. The normalized spacial score (nSPS) is 19.1. The van der Waals surface area contributed by atoms with Gasteiger partial charge in [-0.3, -0.25) is 24.7 Å². The third-order valence-corrected chi connectivity index (χ3v) is 5.14. The number of rotatable bonds is 4. The molecule has 0 aliphatic carbocycles. The van der Waals surface area contributed by atoms with E-state index in [0.29, 0.717) is 24.3 Å². The number of hydrogen-bond acceptors (Lipinski definition) is 5. The van der Waals surface area contributed by atoms with Crippen LogP contribution in [-0.2, 0) is 22.7 Å². The molecule has 0 spiro atoms. The second-order valence-corrected chi connectivity index (χ2v) is 7.39. The molecule has 7 nitrogen and oxygen atoms in total. The summed E-state index contributed by atoms with van der Waals surface area (Å²) in [5, 5.41) is 2.30. The van der Waals surface area contributed by atoms with Gasteiger partial charge < -0.3 is 9.64 Å². The monoisotopic (exact) mass is 429 g/mol. The SMILES string of the molecule is O=C1CCC(N2Cc3ccc(OCc4ccc(Br)cn4)cc3C2=O)C(=O)N1. The van der Waals surface area contributed by atoms with Gasteiger partial charge in [0.05, 0.1) is 5.69 Å². The molecule has 1 fully saturated rings. The minimum absolute atomic E-state index is 0.216. The summed E-state index contributed by atoms with van der Waals surface area (Å²) in [5.41, 5.74) is 2.15. The number of carbonyl (C=O) groups is 3. The molecule has 1 aromatic heterocycles. The molecule has 27 heavy (non-hydrogen) atoms. The number of carbonyl (C=O) groups excluding carboxylic acids is 3. The minimum Gasteiger partial charge on any atom is -0.487 e. The Kier molecular flexibility index (Phi) is 4.65. The van der Waals surface area contributed by atoms with E-state index in [1.165, 1.54) is 4.90 Å². The Morgan fingerprint density at radius 1 is 1.22 bits per heavy atom. The summed E-state index contributed by atoms with van der Waals surface area (Å²) in [6.45, 7) is 0.645. The van der Waals surface area contributed by atoms with Crippen molar-refractivity contribution in [1.29, 1.82) is 0 Å². The standard InChI is InChI=1S/C19H16BrN3O4/c20-12-2-3-13(21-8-12)10-27-14-4-1-11-9-23(19(26)15(11)7-14)16-5-6-17(24)22-18(16)25/h1-4,7-8,16H,5-6,9-10H2,(H,22,24,25). The largest absolute Gasteiger partial charge is 0.487 e. The molecule has 1 aromatic carbocycles. The van der Waals surface area contributed by atoms with Crippen molar-refractivity contribution in [2.24, 2.45) is 0 Å². The van der Waals surface area contributed by atoms with E-state index < -0.39 is 11.9 Å². The summed E-state index contributed by atoms with van der Waals surface area (Å²) < 4.78 is 6.64. The highest BCUT2D eigenvalue weighted by atomic mass is 79.9. The van der Waals surface area contributed by atoms with Crippen LogP contribution in [0.25, 0.3) is 0 Å². The molecule has 2 aliphatic heterocycles. The first-order chi connectivity index (χ1) is 13.0. The zero-order valence-corrected chi connectivity index (χ0v) is 15.9. The number of aromatic nitrogens is 1. The number of nitrogens with one attached hydrogen (secondary N) is 1. The zero-order chi connectivity index (χ0) is 19.0. The van der Waals surface area contributed by atoms with Gasteiger partial charge in [0.25, 0.3) is 5.91 Å². The molecule has 1 N–H and O–H groups in total. The first-order valence-electron chi connectivity index (χ1n) is 8.52. The van der Waals surface area contributed by atoms with Crippen LogP contribution in [0.15, 0.2) is 41.0 Å². The van der Waals surface area contributed by atoms with E-state index in [1.54, 1.807) is 18.3 Å². The number of imide groups is 1. The van der Waals surface area contributed by atoms with E-state index in [9.17, 15) is 14.4 Å². The predicted octanol–water partition coefficient (Wildman–Crippen LogP) is 2.18. The van der Waals surface area contributed by atoms with E-state index in [2.05, 4.69) is 26.2 Å². The molecule has 0 radical (unpaired) electrons. The second-order valence-electron chi connectivity index (χ2n) is 6.48. The maximum atomic E-state index is 12.8. The van der Waals surface area contributed by atoms with E-state index in [1.807, 2.05) is 18.2 Å². The quantitative estimate of drug-likeness (QED) is 0.752. The topological polar surface area (TPSA) is 88.6 Å². The first-order valence-corrected chi connectivity index (χ1v) is 9.31. The summed E-state index contributed by atoms with van der Waals surface area (Å²) in [7, 11) is 0. The lowest BCUT2D eigenvalue weighted by Crippen LogP contribution is -2.52. The average molecular weight is 430 g/mol. The molecule has 3 heterocycles. The van der Waals surface area contributed by atoms with Crippen LogP contribution < -0.4 is 10.1 Å². The molecule has 2 aromatic rings. The number of pyridine rings is 1. The summed E-state index contributed by atoms with van der Waals surface area (Å²) in [5.74, 6) is -0.355. The predicted molar refractivity (Wildman–Crippen MR) is 98.8 cm³/mol. The summed E-state index contributed by atoms with van der Waals surface area (Å²) in [4.78, 5) is 41.9. The molecule has 2 aliphatic rings. The highest BCUT2D eigenvalue weighted by molar-refractivity contribution is 9.10. The highest BCUT2D eigenvalue weighted by Gasteiger charge is 2.39. The summed E-state index contributed by atoms with van der Waals surface area (Å²) >= 11 is 3.34. The second kappa shape index (κ2) is 7.11. The van der Waals surface area contributed by atoms with Crippen molar-refractivity contribution in [2.75, 3.05) is 0 Å². The Labute approximate surface area is 163 Å². The van der Waals surface area contributed by atoms with Gasteiger partial charge in [-0.25, -0.2) is 0 Å². The third-order valence-electron chi connectivity index (χ3n) is 4.67. The molecule has 3 amide bonds. The fraction of sp³-hybridized carbons (Fsp3) is 0.263. The molecule has 1 unspecified atom stereocenters. The lowest BCUT2D eigenvalue weighted by molar-refractivity contribution is -0.136. The number of nitrogens with zero attached hydrogens (tertiary/aromatic N) is 2. The van der Waals surface area contributed by atoms with Gasteiger partial charge in [-0.05, 0) is 52.2 Å². The average Bonchev–Trinajstić information content (AvgIpc) is 2.97. The number of amides is 3. The zero-order valence-electron chi connectivity index (χ0n) is 14.3. The Bertz CT molecular complexity index is 929. The van der Waals surface area contributed by atoms with E-state index in [-0.39, 0.29) is 24.8 Å². The molecule has 8 heteroatoms. The summed E-state index contributed by atoms with van der Waals surface area (Å²) in [6, 6.07) is 8.47. The van der Waals surface area contributed by atoms with Crippen molar-refractivity contribution in [3.8, 4) is 5.75 Å². The van der Waals surface area contributed by atoms with Gasteiger partial charge >= 0.3 is 0 Å². The van der Waals surface area contributed by atoms with Gasteiger partial charge in [-0.1, -0.05) is 6.07 Å². The van der Waals surface area contributed by atoms with Crippen molar-refractivity contribution in [1.82, 2.24) is 15.2 Å². The van der Waals surface area contributed by atoms with E-state index in [0.717, 1.165) is 15.7 Å². The van der Waals surface area contributed by atoms with Crippen LogP contribution in [0.3, 0.4) is 0 Å². The lowest BCUT2D eigenvalue weighted by atomic mass is 10.0. The molecule has 4 rings (SSSR count). The van der Waals surface area contributed by atoms with Crippen LogP contribution in [-0.4, -0.2) is 33.6 Å². The molecule has 1 saturated heterocycles. The van der Waals surface area contributed by atoms with Crippen molar-refractivity contribution < 1.29 is 19.1 Å². The fourth-order valence-corrected chi connectivity index (χ4v) is 3.51. The van der Waals surface area contributed by atoms with Crippen LogP contribution >= 0.6 is 15.9 Å². The number of fused-ring (bicyclic) bond motifs is 1. The van der Waals surface area contributed by atoms with Gasteiger partial charge in [-0.2, -0.15) is 0 Å². The summed E-state index contributed by atoms with van der Waals surface area (Å²) in [6.07, 6.45) is 2.29. The van der Waals surface area contributed by atoms with Gasteiger partial charge in [0.2, 0.25) is 11.8 Å². The molecular formula is C19H16BrN3O4. The van der Waals surface area contributed by atoms with Crippen molar-refractivity contribution >= 4 is 33.7 Å². The van der Waals surface area contributed by atoms with Crippen LogP contribution in [0.5, 0.6) is 5.75 Å². The number of ether oxygens (including phenoxy) is 1. The fourth-order valence-electron chi connectivity index (χ4n) is 3.27. The van der Waals surface area contributed by atoms with Crippen LogP contribution in [0, 0.1) is 0 Å². The lowest BCUT2D eigenvalue weighted by Gasteiger charge is -2.29. The molecular weight excluding hydrogens is 414 g/mol. The maximum absolute atomic E-state index is 12.8. The molecule has 0 saturated carbocycles. The Morgan fingerprint density at radius 3 is 2.81 bits per heavy atom. The van der Waals surface area contributed by atoms with E-state index in [4.69, 9.17) is 4.74 Å². The number of halogens is 1. The van der Waals surface area contributed by atoms with Gasteiger partial charge in [0.1, 0.15) is 18.4 Å². The van der Waals surface area contributed by atoms with Crippen molar-refractivity contribution in [3.05, 3.63) is 57.8 Å². The number of piperidine rings is 1. The minimum atomic E-state index is -0.612. The molecule has 138 valence electrons. The van der Waals surface area contributed by atoms with Crippen LogP contribution in [0.2, 0.25) is 0 Å². The van der Waals surface area contributed by atoms with Crippen LogP contribution in [0.1, 0.15) is 34.5 Å². The smallest absolute Gasteiger partial charge is 0.255 e. The van der Waals surface area contributed by atoms with Crippen molar-refractivity contribution in [3.63, 3.8) is 0 Å². The van der Waals surface area contributed by atoms with Gasteiger partial charge in [0, 0.05) is 29.2 Å². The highest BCUT2D eigenvalue weighted by Crippen LogP contribution is 2.30. The van der Waals surface area contributed by atoms with Crippen LogP contribution in [0.4, 0.5) is 0 Å². The number of hydrogen-bond donors (Lipinski definition) is 1.